The van der Waals surface area contributed by atoms with Crippen molar-refractivity contribution in [3.63, 3.8) is 0 Å². The molecule has 1 fully saturated rings. The Morgan fingerprint density at radius 3 is 2.29 bits per heavy atom. The molecule has 126 valence electrons. The first-order chi connectivity index (χ1) is 11.7. The van der Waals surface area contributed by atoms with Gasteiger partial charge in [0, 0.05) is 16.2 Å². The van der Waals surface area contributed by atoms with Gasteiger partial charge in [-0.05, 0) is 49.2 Å². The van der Waals surface area contributed by atoms with Crippen LogP contribution in [0.3, 0.4) is 0 Å². The van der Waals surface area contributed by atoms with E-state index < -0.39 is 0 Å². The Bertz CT molecular complexity index is 668. The zero-order valence-corrected chi connectivity index (χ0v) is 14.8. The zero-order chi connectivity index (χ0) is 16.8. The molecule has 0 radical (unpaired) electrons. The number of anilines is 3. The van der Waals surface area contributed by atoms with Crippen LogP contribution in [0.1, 0.15) is 32.1 Å². The second-order valence-corrected chi connectivity index (χ2v) is 6.78. The van der Waals surface area contributed by atoms with Crippen molar-refractivity contribution in [2.45, 2.75) is 38.1 Å². The van der Waals surface area contributed by atoms with Crippen LogP contribution >= 0.6 is 15.9 Å². The molecule has 1 heterocycles. The number of urea groups is 1. The van der Waals surface area contributed by atoms with Crippen molar-refractivity contribution in [1.29, 1.82) is 0 Å². The van der Waals surface area contributed by atoms with E-state index in [1.165, 1.54) is 19.3 Å². The summed E-state index contributed by atoms with van der Waals surface area (Å²) >= 11 is 3.40. The van der Waals surface area contributed by atoms with Crippen molar-refractivity contribution in [2.24, 2.45) is 0 Å². The van der Waals surface area contributed by atoms with Gasteiger partial charge in [-0.1, -0.05) is 35.2 Å². The number of benzene rings is 1. The molecule has 6 nitrogen and oxygen atoms in total. The van der Waals surface area contributed by atoms with E-state index in [4.69, 9.17) is 0 Å². The predicted molar refractivity (Wildman–Crippen MR) is 98.5 cm³/mol. The quantitative estimate of drug-likeness (QED) is 0.721. The first kappa shape index (κ1) is 16.7. The van der Waals surface area contributed by atoms with Gasteiger partial charge < -0.3 is 10.6 Å². The van der Waals surface area contributed by atoms with Gasteiger partial charge in [-0.3, -0.25) is 5.32 Å². The van der Waals surface area contributed by atoms with E-state index in [1.54, 1.807) is 12.1 Å². The highest BCUT2D eigenvalue weighted by Crippen LogP contribution is 2.19. The molecule has 2 amide bonds. The lowest BCUT2D eigenvalue weighted by Crippen LogP contribution is -2.39. The zero-order valence-electron chi connectivity index (χ0n) is 13.3. The van der Waals surface area contributed by atoms with E-state index in [2.05, 4.69) is 42.1 Å². The normalized spacial score (nSPS) is 14.9. The Morgan fingerprint density at radius 2 is 1.62 bits per heavy atom. The van der Waals surface area contributed by atoms with E-state index >= 15 is 0 Å². The van der Waals surface area contributed by atoms with Gasteiger partial charge in [0.15, 0.2) is 11.6 Å². The summed E-state index contributed by atoms with van der Waals surface area (Å²) in [4.78, 5) is 12.0. The van der Waals surface area contributed by atoms with Gasteiger partial charge in [-0.2, -0.15) is 0 Å². The molecule has 1 saturated carbocycles. The fourth-order valence-corrected chi connectivity index (χ4v) is 3.00. The number of rotatable bonds is 4. The van der Waals surface area contributed by atoms with Crippen LogP contribution in [0.4, 0.5) is 22.1 Å². The molecule has 3 rings (SSSR count). The van der Waals surface area contributed by atoms with E-state index in [-0.39, 0.29) is 12.1 Å². The number of hydrogen-bond acceptors (Lipinski definition) is 4. The average molecular weight is 390 g/mol. The molecule has 1 aromatic heterocycles. The summed E-state index contributed by atoms with van der Waals surface area (Å²) in [5.41, 5.74) is 0.920. The lowest BCUT2D eigenvalue weighted by atomic mass is 9.96. The SMILES string of the molecule is O=C(Nc1ccc(Nc2ccc(Br)cc2)nn1)NC1CCCCC1. The first-order valence-electron chi connectivity index (χ1n) is 8.13. The second kappa shape index (κ2) is 8.10. The van der Waals surface area contributed by atoms with Gasteiger partial charge >= 0.3 is 6.03 Å². The van der Waals surface area contributed by atoms with Crippen LogP contribution in [0.15, 0.2) is 40.9 Å². The summed E-state index contributed by atoms with van der Waals surface area (Å²) in [5.74, 6) is 1.06. The number of carbonyl (C=O) groups is 1. The van der Waals surface area contributed by atoms with Crippen LogP contribution in [0.2, 0.25) is 0 Å². The van der Waals surface area contributed by atoms with Crippen molar-refractivity contribution in [1.82, 2.24) is 15.5 Å². The summed E-state index contributed by atoms with van der Waals surface area (Å²) in [6, 6.07) is 11.3. The number of nitrogens with zero attached hydrogens (tertiary/aromatic N) is 2. The summed E-state index contributed by atoms with van der Waals surface area (Å²) in [6.07, 6.45) is 5.73. The standard InChI is InChI=1S/C17H20BrN5O/c18-12-6-8-14(9-7-12)19-15-10-11-16(23-22-15)21-17(24)20-13-4-2-1-3-5-13/h6-11,13H,1-5H2,(H,19,22)(H2,20,21,23,24). The molecule has 1 aromatic carbocycles. The summed E-state index contributed by atoms with van der Waals surface area (Å²) in [7, 11) is 0. The minimum Gasteiger partial charge on any atom is -0.339 e. The van der Waals surface area contributed by atoms with Gasteiger partial charge in [0.05, 0.1) is 0 Å². The molecular weight excluding hydrogens is 370 g/mol. The third-order valence-corrected chi connectivity index (χ3v) is 4.49. The number of aromatic nitrogens is 2. The Balaban J connectivity index is 1.52. The largest absolute Gasteiger partial charge is 0.339 e. The van der Waals surface area contributed by atoms with Crippen LogP contribution in [0.25, 0.3) is 0 Å². The van der Waals surface area contributed by atoms with Crippen molar-refractivity contribution < 1.29 is 4.79 Å². The number of carbonyl (C=O) groups excluding carboxylic acids is 1. The molecule has 3 N–H and O–H groups in total. The molecule has 0 spiro atoms. The molecule has 0 bridgehead atoms. The van der Waals surface area contributed by atoms with Crippen LogP contribution in [-0.4, -0.2) is 22.3 Å². The van der Waals surface area contributed by atoms with Gasteiger partial charge in [0.25, 0.3) is 0 Å². The van der Waals surface area contributed by atoms with Crippen molar-refractivity contribution in [2.75, 3.05) is 10.6 Å². The topological polar surface area (TPSA) is 78.9 Å². The molecule has 24 heavy (non-hydrogen) atoms. The van der Waals surface area contributed by atoms with E-state index in [1.807, 2.05) is 24.3 Å². The average Bonchev–Trinajstić information content (AvgIpc) is 2.59. The number of halogens is 1. The number of nitrogens with one attached hydrogen (secondary N) is 3. The van der Waals surface area contributed by atoms with Crippen molar-refractivity contribution in [3.05, 3.63) is 40.9 Å². The number of amides is 2. The smallest absolute Gasteiger partial charge is 0.320 e. The Kier molecular flexibility index (Phi) is 5.63. The molecule has 1 aliphatic rings. The van der Waals surface area contributed by atoms with Crippen LogP contribution in [0.5, 0.6) is 0 Å². The molecule has 1 aliphatic carbocycles. The highest BCUT2D eigenvalue weighted by atomic mass is 79.9. The Morgan fingerprint density at radius 1 is 0.958 bits per heavy atom. The predicted octanol–water partition coefficient (Wildman–Crippen LogP) is 4.44. The molecule has 7 heteroatoms. The summed E-state index contributed by atoms with van der Waals surface area (Å²) < 4.78 is 1.02. The number of hydrogen-bond donors (Lipinski definition) is 3. The van der Waals surface area contributed by atoms with Crippen LogP contribution in [0, 0.1) is 0 Å². The molecule has 0 atom stereocenters. The maximum atomic E-state index is 12.0. The highest BCUT2D eigenvalue weighted by molar-refractivity contribution is 9.10. The first-order valence-corrected chi connectivity index (χ1v) is 8.92. The van der Waals surface area contributed by atoms with Crippen LogP contribution < -0.4 is 16.0 Å². The molecule has 0 aliphatic heterocycles. The maximum absolute atomic E-state index is 12.0. The monoisotopic (exact) mass is 389 g/mol. The van der Waals surface area contributed by atoms with Gasteiger partial charge in [0.1, 0.15) is 0 Å². The second-order valence-electron chi connectivity index (χ2n) is 5.87. The van der Waals surface area contributed by atoms with Crippen LogP contribution in [-0.2, 0) is 0 Å². The van der Waals surface area contributed by atoms with E-state index in [0.29, 0.717) is 11.6 Å². The molecule has 2 aromatic rings. The summed E-state index contributed by atoms with van der Waals surface area (Å²) in [5, 5.41) is 17.0. The maximum Gasteiger partial charge on any atom is 0.320 e. The minimum atomic E-state index is -0.218. The fourth-order valence-electron chi connectivity index (χ4n) is 2.73. The van der Waals surface area contributed by atoms with Gasteiger partial charge in [-0.15, -0.1) is 10.2 Å². The Labute approximate surface area is 149 Å². The fraction of sp³-hybridized carbons (Fsp3) is 0.353. The van der Waals surface area contributed by atoms with Crippen molar-refractivity contribution >= 4 is 39.3 Å². The summed E-state index contributed by atoms with van der Waals surface area (Å²) in [6.45, 7) is 0. The minimum absolute atomic E-state index is 0.218. The Hall–Kier alpha value is -2.15. The third-order valence-electron chi connectivity index (χ3n) is 3.96. The highest BCUT2D eigenvalue weighted by Gasteiger charge is 2.15. The molecular formula is C17H20BrN5O. The van der Waals surface area contributed by atoms with Gasteiger partial charge in [0.2, 0.25) is 0 Å². The third kappa shape index (κ3) is 4.92. The van der Waals surface area contributed by atoms with E-state index in [0.717, 1.165) is 23.0 Å². The van der Waals surface area contributed by atoms with Gasteiger partial charge in [-0.25, -0.2) is 4.79 Å². The van der Waals surface area contributed by atoms with Crippen molar-refractivity contribution in [3.8, 4) is 0 Å². The van der Waals surface area contributed by atoms with E-state index in [9.17, 15) is 4.79 Å². The lowest BCUT2D eigenvalue weighted by Gasteiger charge is -2.22. The lowest BCUT2D eigenvalue weighted by molar-refractivity contribution is 0.244. The molecule has 0 unspecified atom stereocenters. The molecule has 0 saturated heterocycles.